The van der Waals surface area contributed by atoms with Crippen LogP contribution in [0.15, 0.2) is 29.1 Å². The van der Waals surface area contributed by atoms with Crippen molar-refractivity contribution in [3.63, 3.8) is 0 Å². The number of ether oxygens (including phenoxy) is 1. The normalized spacial score (nSPS) is 23.8. The number of phenolic OH excluding ortho intramolecular Hbond substituents is 1. The van der Waals surface area contributed by atoms with Crippen molar-refractivity contribution < 1.29 is 19.0 Å². The molecule has 3 N–H and O–H groups in total. The lowest BCUT2D eigenvalue weighted by atomic mass is 10.1. The standard InChI is InChI=1S/C19H23FN4O3/c20-17-8-14(25)7-13-5-12(6-16(13)17)9-21-2-1-15-11-24(19(26)27-15)18-10-22-3-4-23-18/h4,7-8,10,12,15,21-22,25H,1-3,5-6,9,11H2. The molecule has 0 radical (unpaired) electrons. The van der Waals surface area contributed by atoms with Crippen molar-refractivity contribution in [2.24, 2.45) is 10.9 Å². The van der Waals surface area contributed by atoms with Crippen LogP contribution in [0.25, 0.3) is 0 Å². The topological polar surface area (TPSA) is 86.2 Å². The molecule has 1 aromatic carbocycles. The van der Waals surface area contributed by atoms with E-state index in [0.29, 0.717) is 44.2 Å². The van der Waals surface area contributed by atoms with Crippen molar-refractivity contribution in [1.29, 1.82) is 0 Å². The fourth-order valence-electron chi connectivity index (χ4n) is 3.86. The summed E-state index contributed by atoms with van der Waals surface area (Å²) in [5, 5.41) is 15.9. The van der Waals surface area contributed by atoms with E-state index in [2.05, 4.69) is 15.6 Å². The number of aliphatic imine (C=N–C) groups is 1. The van der Waals surface area contributed by atoms with Gasteiger partial charge in [-0.1, -0.05) is 0 Å². The number of hydrogen-bond donors (Lipinski definition) is 3. The highest BCUT2D eigenvalue weighted by molar-refractivity contribution is 5.73. The van der Waals surface area contributed by atoms with Gasteiger partial charge in [0.2, 0.25) is 0 Å². The van der Waals surface area contributed by atoms with Gasteiger partial charge in [-0.3, -0.25) is 4.90 Å². The number of carbonyl (C=O) groups excluding carboxylic acids is 1. The summed E-state index contributed by atoms with van der Waals surface area (Å²) < 4.78 is 19.3. The maximum atomic E-state index is 13.9. The lowest BCUT2D eigenvalue weighted by Crippen LogP contribution is -2.29. The summed E-state index contributed by atoms with van der Waals surface area (Å²) in [6.07, 6.45) is 5.06. The van der Waals surface area contributed by atoms with Crippen molar-refractivity contribution in [2.75, 3.05) is 26.2 Å². The number of hydrogen-bond acceptors (Lipinski definition) is 6. The number of aromatic hydroxyl groups is 1. The van der Waals surface area contributed by atoms with Crippen molar-refractivity contribution >= 4 is 12.3 Å². The number of amides is 1. The van der Waals surface area contributed by atoms with E-state index in [1.165, 1.54) is 11.0 Å². The molecule has 1 aliphatic carbocycles. The molecule has 144 valence electrons. The molecule has 1 aromatic rings. The molecule has 2 atom stereocenters. The van der Waals surface area contributed by atoms with Gasteiger partial charge < -0.3 is 20.5 Å². The molecule has 1 fully saturated rings. The zero-order valence-corrected chi connectivity index (χ0v) is 14.9. The largest absolute Gasteiger partial charge is 0.508 e. The number of phenols is 1. The highest BCUT2D eigenvalue weighted by Gasteiger charge is 2.33. The summed E-state index contributed by atoms with van der Waals surface area (Å²) in [7, 11) is 0. The van der Waals surface area contributed by atoms with Crippen LogP contribution in [0, 0.1) is 11.7 Å². The zero-order chi connectivity index (χ0) is 18.8. The Morgan fingerprint density at radius 1 is 1.41 bits per heavy atom. The third-order valence-corrected chi connectivity index (χ3v) is 5.16. The zero-order valence-electron chi connectivity index (χ0n) is 14.9. The summed E-state index contributed by atoms with van der Waals surface area (Å²) in [4.78, 5) is 17.7. The Morgan fingerprint density at radius 3 is 3.11 bits per heavy atom. The predicted octanol–water partition coefficient (Wildman–Crippen LogP) is 1.52. The molecule has 3 aliphatic rings. The molecule has 0 bridgehead atoms. The summed E-state index contributed by atoms with van der Waals surface area (Å²) in [6, 6.07) is 2.83. The first-order chi connectivity index (χ1) is 13.1. The minimum Gasteiger partial charge on any atom is -0.508 e. The second-order valence-electron chi connectivity index (χ2n) is 7.17. The second-order valence-corrected chi connectivity index (χ2v) is 7.17. The Balaban J connectivity index is 1.20. The van der Waals surface area contributed by atoms with E-state index in [4.69, 9.17) is 4.74 Å². The summed E-state index contributed by atoms with van der Waals surface area (Å²) in [5.41, 5.74) is 1.62. The number of carbonyl (C=O) groups is 1. The van der Waals surface area contributed by atoms with E-state index in [9.17, 15) is 14.3 Å². The molecule has 2 unspecified atom stereocenters. The Labute approximate surface area is 156 Å². The number of nitrogens with zero attached hydrogens (tertiary/aromatic N) is 2. The predicted molar refractivity (Wildman–Crippen MR) is 98.0 cm³/mol. The monoisotopic (exact) mass is 374 g/mol. The molecule has 27 heavy (non-hydrogen) atoms. The molecule has 0 aromatic heterocycles. The first-order valence-electron chi connectivity index (χ1n) is 9.25. The van der Waals surface area contributed by atoms with Crippen LogP contribution in [0.3, 0.4) is 0 Å². The smallest absolute Gasteiger partial charge is 0.415 e. The van der Waals surface area contributed by atoms with E-state index in [0.717, 1.165) is 24.1 Å². The SMILES string of the molecule is O=C1OC(CCNCC2Cc3cc(O)cc(F)c3C2)CN1C1=CNCC=N1. The van der Waals surface area contributed by atoms with Crippen molar-refractivity contribution in [1.82, 2.24) is 15.5 Å². The molecule has 1 amide bonds. The van der Waals surface area contributed by atoms with Gasteiger partial charge >= 0.3 is 6.09 Å². The van der Waals surface area contributed by atoms with Crippen LogP contribution in [-0.4, -0.2) is 54.6 Å². The second kappa shape index (κ2) is 7.56. The Morgan fingerprint density at radius 2 is 2.30 bits per heavy atom. The van der Waals surface area contributed by atoms with Crippen molar-refractivity contribution in [3.05, 3.63) is 41.1 Å². The van der Waals surface area contributed by atoms with Crippen LogP contribution >= 0.6 is 0 Å². The molecular weight excluding hydrogens is 351 g/mol. The van der Waals surface area contributed by atoms with Crippen LogP contribution in [-0.2, 0) is 17.6 Å². The fourth-order valence-corrected chi connectivity index (χ4v) is 3.86. The number of halogens is 1. The first kappa shape index (κ1) is 17.8. The highest BCUT2D eigenvalue weighted by Crippen LogP contribution is 2.31. The van der Waals surface area contributed by atoms with Crippen LogP contribution in [0.5, 0.6) is 5.75 Å². The average Bonchev–Trinajstić information content (AvgIpc) is 3.23. The van der Waals surface area contributed by atoms with E-state index in [1.807, 2.05) is 0 Å². The van der Waals surface area contributed by atoms with Crippen molar-refractivity contribution in [3.8, 4) is 5.75 Å². The Hall–Kier alpha value is -2.61. The van der Waals surface area contributed by atoms with Gasteiger partial charge in [0, 0.05) is 25.0 Å². The van der Waals surface area contributed by atoms with Crippen LogP contribution < -0.4 is 10.6 Å². The molecule has 7 nitrogen and oxygen atoms in total. The van der Waals surface area contributed by atoms with Crippen LogP contribution in [0.1, 0.15) is 17.5 Å². The van der Waals surface area contributed by atoms with E-state index in [1.54, 1.807) is 18.5 Å². The van der Waals surface area contributed by atoms with E-state index >= 15 is 0 Å². The van der Waals surface area contributed by atoms with Gasteiger partial charge in [0.25, 0.3) is 0 Å². The highest BCUT2D eigenvalue weighted by atomic mass is 19.1. The number of cyclic esters (lactones) is 1. The molecule has 1 saturated heterocycles. The number of nitrogens with one attached hydrogen (secondary N) is 2. The minimum atomic E-state index is -0.367. The molecular formula is C19H23FN4O3. The number of rotatable bonds is 6. The van der Waals surface area contributed by atoms with E-state index < -0.39 is 0 Å². The average molecular weight is 374 g/mol. The molecule has 2 aliphatic heterocycles. The minimum absolute atomic E-state index is 0.0138. The fraction of sp³-hybridized carbons (Fsp3) is 0.474. The maximum absolute atomic E-state index is 13.9. The maximum Gasteiger partial charge on any atom is 0.415 e. The number of benzene rings is 1. The third-order valence-electron chi connectivity index (χ3n) is 5.16. The van der Waals surface area contributed by atoms with Gasteiger partial charge in [-0.2, -0.15) is 0 Å². The lowest BCUT2D eigenvalue weighted by molar-refractivity contribution is 0.130. The van der Waals surface area contributed by atoms with Gasteiger partial charge in [0.1, 0.15) is 17.7 Å². The molecule has 4 rings (SSSR count). The van der Waals surface area contributed by atoms with Crippen LogP contribution in [0.4, 0.5) is 9.18 Å². The van der Waals surface area contributed by atoms with Gasteiger partial charge in [-0.25, -0.2) is 14.2 Å². The summed E-state index contributed by atoms with van der Waals surface area (Å²) in [6.45, 7) is 2.63. The molecule has 8 heteroatoms. The van der Waals surface area contributed by atoms with Gasteiger partial charge in [0.15, 0.2) is 5.82 Å². The summed E-state index contributed by atoms with van der Waals surface area (Å²) in [5.74, 6) is 0.558. The van der Waals surface area contributed by atoms with Crippen molar-refractivity contribution in [2.45, 2.75) is 25.4 Å². The quantitative estimate of drug-likeness (QED) is 0.658. The van der Waals surface area contributed by atoms with Gasteiger partial charge in [-0.15, -0.1) is 0 Å². The Kier molecular flexibility index (Phi) is 4.98. The van der Waals surface area contributed by atoms with Gasteiger partial charge in [-0.05, 0) is 55.5 Å². The Bertz CT molecular complexity index is 795. The third kappa shape index (κ3) is 3.90. The van der Waals surface area contributed by atoms with Crippen LogP contribution in [0.2, 0.25) is 0 Å². The first-order valence-corrected chi connectivity index (χ1v) is 9.25. The van der Waals surface area contributed by atoms with E-state index in [-0.39, 0.29) is 23.8 Å². The lowest BCUT2D eigenvalue weighted by Gasteiger charge is -2.16. The number of fused-ring (bicyclic) bond motifs is 1. The molecule has 0 spiro atoms. The molecule has 2 heterocycles. The summed E-state index contributed by atoms with van der Waals surface area (Å²) >= 11 is 0. The molecule has 0 saturated carbocycles. The van der Waals surface area contributed by atoms with Gasteiger partial charge in [0.05, 0.1) is 6.54 Å².